The van der Waals surface area contributed by atoms with E-state index in [2.05, 4.69) is 10.4 Å². The summed E-state index contributed by atoms with van der Waals surface area (Å²) >= 11 is 0. The molecule has 9 heteroatoms. The average Bonchev–Trinajstić information content (AvgIpc) is 3.12. The number of carboxylic acid groups (broad SMARTS) is 1. The minimum absolute atomic E-state index is 0. The number of nitrogens with zero attached hydrogens (tertiary/aromatic N) is 2. The molecule has 3 N–H and O–H groups in total. The van der Waals surface area contributed by atoms with Crippen molar-refractivity contribution in [3.63, 3.8) is 0 Å². The molecule has 2 atom stereocenters. The van der Waals surface area contributed by atoms with E-state index in [-0.39, 0.29) is 53.5 Å². The van der Waals surface area contributed by atoms with Crippen molar-refractivity contribution in [3.8, 4) is 5.69 Å². The van der Waals surface area contributed by atoms with Gasteiger partial charge in [0, 0.05) is 18.1 Å². The number of aliphatic carboxylic acids is 1. The van der Waals surface area contributed by atoms with Gasteiger partial charge in [0.2, 0.25) is 5.91 Å². The largest absolute Gasteiger partial charge is 1.00 e. The molecule has 1 heterocycles. The zero-order valence-corrected chi connectivity index (χ0v) is 17.1. The van der Waals surface area contributed by atoms with E-state index in [1.807, 2.05) is 0 Å². The third kappa shape index (κ3) is 4.97. The van der Waals surface area contributed by atoms with Crippen molar-refractivity contribution in [3.05, 3.63) is 42.2 Å². The fourth-order valence-corrected chi connectivity index (χ4v) is 3.25. The number of carbonyl (C=O) groups excluding carboxylic acids is 3. The number of carbonyl (C=O) groups is 3. The molecule has 0 saturated heterocycles. The number of amides is 2. The molecule has 1 aliphatic carbocycles. The molecule has 136 valence electrons. The summed E-state index contributed by atoms with van der Waals surface area (Å²) in [5.41, 5.74) is 6.45. The van der Waals surface area contributed by atoms with Gasteiger partial charge in [-0.05, 0) is 43.4 Å². The molecule has 0 bridgehead atoms. The first-order valence-corrected chi connectivity index (χ1v) is 8.42. The molecule has 0 aliphatic heterocycles. The zero-order chi connectivity index (χ0) is 18.7. The van der Waals surface area contributed by atoms with Crippen molar-refractivity contribution in [2.24, 2.45) is 17.6 Å². The SMILES string of the molecule is NC(=O)c1ccn(-c2ccccc2NC(=O)[C@@H]2CCC[C@H](C(=O)[O-])C2)n1.[Na+]. The van der Waals surface area contributed by atoms with E-state index in [0.717, 1.165) is 0 Å². The Labute approximate surface area is 178 Å². The maximum Gasteiger partial charge on any atom is 1.00 e. The second-order valence-electron chi connectivity index (χ2n) is 6.40. The molecule has 3 rings (SSSR count). The van der Waals surface area contributed by atoms with E-state index < -0.39 is 17.8 Å². The van der Waals surface area contributed by atoms with Gasteiger partial charge in [0.05, 0.1) is 11.4 Å². The molecule has 0 unspecified atom stereocenters. The number of hydrogen-bond donors (Lipinski definition) is 2. The van der Waals surface area contributed by atoms with Gasteiger partial charge < -0.3 is 21.0 Å². The normalized spacial score (nSPS) is 19.0. The van der Waals surface area contributed by atoms with Gasteiger partial charge in [0.15, 0.2) is 0 Å². The van der Waals surface area contributed by atoms with E-state index >= 15 is 0 Å². The molecule has 1 aromatic heterocycles. The Morgan fingerprint density at radius 3 is 2.52 bits per heavy atom. The quantitative estimate of drug-likeness (QED) is 0.554. The summed E-state index contributed by atoms with van der Waals surface area (Å²) in [7, 11) is 0. The van der Waals surface area contributed by atoms with Crippen LogP contribution in [0.2, 0.25) is 0 Å². The number of anilines is 1. The Morgan fingerprint density at radius 1 is 1.15 bits per heavy atom. The van der Waals surface area contributed by atoms with Gasteiger partial charge in [-0.15, -0.1) is 0 Å². The van der Waals surface area contributed by atoms with Crippen LogP contribution in [0.5, 0.6) is 0 Å². The van der Waals surface area contributed by atoms with Gasteiger partial charge in [0.1, 0.15) is 5.69 Å². The van der Waals surface area contributed by atoms with E-state index in [4.69, 9.17) is 5.73 Å². The number of aromatic nitrogens is 2. The Bertz CT molecular complexity index is 851. The number of nitrogens with one attached hydrogen (secondary N) is 1. The molecule has 2 aromatic rings. The monoisotopic (exact) mass is 378 g/mol. The second kappa shape index (κ2) is 9.16. The number of nitrogens with two attached hydrogens (primary N) is 1. The number of primary amides is 1. The third-order valence-corrected chi connectivity index (χ3v) is 4.63. The summed E-state index contributed by atoms with van der Waals surface area (Å²) < 4.78 is 1.46. The smallest absolute Gasteiger partial charge is 0.550 e. The summed E-state index contributed by atoms with van der Waals surface area (Å²) in [5.74, 6) is -2.93. The summed E-state index contributed by atoms with van der Waals surface area (Å²) in [6.07, 6.45) is 3.73. The first-order valence-electron chi connectivity index (χ1n) is 8.42. The Morgan fingerprint density at radius 2 is 1.85 bits per heavy atom. The Hall–Kier alpha value is -2.16. The van der Waals surface area contributed by atoms with Crippen molar-refractivity contribution >= 4 is 23.5 Å². The first kappa shape index (κ1) is 21.1. The van der Waals surface area contributed by atoms with Crippen LogP contribution in [0.3, 0.4) is 0 Å². The zero-order valence-electron chi connectivity index (χ0n) is 15.1. The van der Waals surface area contributed by atoms with Crippen LogP contribution in [0.25, 0.3) is 5.69 Å². The molecule has 1 aromatic carbocycles. The Balaban J connectivity index is 0.00000261. The molecular formula is C18H19N4NaO4. The van der Waals surface area contributed by atoms with E-state index in [0.29, 0.717) is 30.6 Å². The molecule has 0 spiro atoms. The molecule has 8 nitrogen and oxygen atoms in total. The predicted molar refractivity (Wildman–Crippen MR) is 91.2 cm³/mol. The first-order chi connectivity index (χ1) is 12.5. The summed E-state index contributed by atoms with van der Waals surface area (Å²) in [6.45, 7) is 0. The fraction of sp³-hybridized carbons (Fsp3) is 0.333. The molecule has 1 saturated carbocycles. The minimum atomic E-state index is -1.10. The van der Waals surface area contributed by atoms with E-state index in [9.17, 15) is 19.5 Å². The van der Waals surface area contributed by atoms with Crippen LogP contribution in [0, 0.1) is 11.8 Å². The molecule has 27 heavy (non-hydrogen) atoms. The van der Waals surface area contributed by atoms with Crippen molar-refractivity contribution < 1.29 is 49.0 Å². The van der Waals surface area contributed by atoms with Gasteiger partial charge in [-0.3, -0.25) is 9.59 Å². The second-order valence-corrected chi connectivity index (χ2v) is 6.40. The Kier molecular flexibility index (Phi) is 7.18. The summed E-state index contributed by atoms with van der Waals surface area (Å²) in [4.78, 5) is 34.9. The molecule has 1 aliphatic rings. The van der Waals surface area contributed by atoms with Crippen molar-refractivity contribution in [1.29, 1.82) is 0 Å². The van der Waals surface area contributed by atoms with Crippen LogP contribution in [0.15, 0.2) is 36.5 Å². The summed E-state index contributed by atoms with van der Waals surface area (Å²) in [5, 5.41) is 18.0. The van der Waals surface area contributed by atoms with Gasteiger partial charge in [0.25, 0.3) is 5.91 Å². The van der Waals surface area contributed by atoms with Crippen molar-refractivity contribution in [2.45, 2.75) is 25.7 Å². The van der Waals surface area contributed by atoms with Crippen LogP contribution in [-0.2, 0) is 9.59 Å². The van der Waals surface area contributed by atoms with E-state index in [1.165, 1.54) is 10.7 Å². The maximum absolute atomic E-state index is 12.6. The predicted octanol–water partition coefficient (Wildman–Crippen LogP) is -2.53. The summed E-state index contributed by atoms with van der Waals surface area (Å²) in [6, 6.07) is 8.51. The number of para-hydroxylation sites is 2. The number of rotatable bonds is 5. The van der Waals surface area contributed by atoms with Crippen LogP contribution >= 0.6 is 0 Å². The van der Waals surface area contributed by atoms with Gasteiger partial charge in [-0.1, -0.05) is 18.6 Å². The fourth-order valence-electron chi connectivity index (χ4n) is 3.25. The number of carboxylic acids is 1. The standard InChI is InChI=1S/C18H20N4O4.Na/c19-16(23)14-8-9-22(21-14)15-7-2-1-6-13(15)20-17(24)11-4-3-5-12(10-11)18(25)26;/h1-2,6-9,11-12H,3-5,10H2,(H2,19,23)(H,20,24)(H,25,26);/q;+1/p-1/t11-,12+;/m1./s1. The van der Waals surface area contributed by atoms with Crippen LogP contribution in [-0.4, -0.2) is 27.6 Å². The van der Waals surface area contributed by atoms with E-state index in [1.54, 1.807) is 30.5 Å². The van der Waals surface area contributed by atoms with Gasteiger partial charge >= 0.3 is 29.6 Å². The van der Waals surface area contributed by atoms with Crippen LogP contribution in [0.4, 0.5) is 5.69 Å². The van der Waals surface area contributed by atoms with Crippen molar-refractivity contribution in [2.75, 3.05) is 5.32 Å². The minimum Gasteiger partial charge on any atom is -0.550 e. The van der Waals surface area contributed by atoms with Crippen molar-refractivity contribution in [1.82, 2.24) is 9.78 Å². The molecule has 2 amide bonds. The van der Waals surface area contributed by atoms with Crippen LogP contribution < -0.4 is 45.7 Å². The number of hydrogen-bond acceptors (Lipinski definition) is 5. The maximum atomic E-state index is 12.6. The third-order valence-electron chi connectivity index (χ3n) is 4.63. The topological polar surface area (TPSA) is 130 Å². The molecule has 1 fully saturated rings. The van der Waals surface area contributed by atoms with Gasteiger partial charge in [-0.25, -0.2) is 4.68 Å². The molecule has 0 radical (unpaired) electrons. The van der Waals surface area contributed by atoms with Gasteiger partial charge in [-0.2, -0.15) is 5.10 Å². The van der Waals surface area contributed by atoms with Crippen LogP contribution in [0.1, 0.15) is 36.2 Å². The number of benzene rings is 1. The molecular weight excluding hydrogens is 359 g/mol. The average molecular weight is 378 g/mol.